The summed E-state index contributed by atoms with van der Waals surface area (Å²) in [4.78, 5) is 35.9. The molecule has 3 rings (SSSR count). The van der Waals surface area contributed by atoms with E-state index in [1.807, 2.05) is 48.5 Å². The predicted molar refractivity (Wildman–Crippen MR) is 170 cm³/mol. The molecule has 9 nitrogen and oxygen atoms in total. The number of para-hydroxylation sites is 1. The molecule has 0 aromatic heterocycles. The molecule has 0 saturated carbocycles. The minimum atomic E-state index is -4.02. The Hall–Kier alpha value is -3.70. The number of nitrogens with one attached hydrogen (secondary N) is 1. The summed E-state index contributed by atoms with van der Waals surface area (Å²) in [6.07, 6.45) is 2.87. The van der Waals surface area contributed by atoms with Gasteiger partial charge in [0.05, 0.1) is 25.0 Å². The lowest BCUT2D eigenvalue weighted by Crippen LogP contribution is -2.39. The quantitative estimate of drug-likeness (QED) is 0.165. The van der Waals surface area contributed by atoms with E-state index in [-0.39, 0.29) is 28.3 Å². The monoisotopic (exact) mass is 625 g/mol. The van der Waals surface area contributed by atoms with E-state index in [1.165, 1.54) is 37.8 Å². The predicted octanol–water partition coefficient (Wildman–Crippen LogP) is 5.43. The molecule has 3 aromatic carbocycles. The highest BCUT2D eigenvalue weighted by Crippen LogP contribution is 2.25. The largest absolute Gasteiger partial charge is 0.381 e. The molecule has 0 aliphatic heterocycles. The number of carbonyl (C=O) groups is 3. The van der Waals surface area contributed by atoms with Crippen LogP contribution in [0.25, 0.3) is 0 Å². The van der Waals surface area contributed by atoms with Gasteiger partial charge in [-0.2, -0.15) is 8.42 Å². The molecule has 1 N–H and O–H groups in total. The maximum absolute atomic E-state index is 12.9. The molecule has 0 aliphatic carbocycles. The maximum atomic E-state index is 12.9. The minimum Gasteiger partial charge on any atom is -0.381 e. The average Bonchev–Trinajstić information content (AvgIpc) is 3.02. The van der Waals surface area contributed by atoms with Crippen LogP contribution >= 0.6 is 0 Å². The standard InChI is InChI=1S/C21H25NO6S.C13H18O2/c1-15(23)20(18(27-2)14-13-16-9-5-4-6-10-16)21(24)22-17-11-7-8-12-19(17)29(25,26)28-3;1-11(14)10-13(15-2)9-8-12-6-4-3-5-7-12/h4-12,18,20H,13-14H2,1-3H3,(H,22,24);3-7,13H,8-10H2,1-2H3. The topological polar surface area (TPSA) is 125 Å². The number of hydrogen-bond donors (Lipinski definition) is 1. The van der Waals surface area contributed by atoms with Crippen LogP contribution in [0.1, 0.15) is 44.2 Å². The zero-order valence-corrected chi connectivity index (χ0v) is 26.8. The molecule has 0 heterocycles. The molecule has 3 aromatic rings. The number of aryl methyl sites for hydroxylation is 2. The van der Waals surface area contributed by atoms with Crippen molar-refractivity contribution in [1.29, 1.82) is 0 Å². The summed E-state index contributed by atoms with van der Waals surface area (Å²) in [6.45, 7) is 2.92. The SMILES string of the molecule is COC(CCc1ccccc1)C(C(C)=O)C(=O)Nc1ccccc1S(=O)(=O)OC.COC(CCc1ccccc1)CC(C)=O. The van der Waals surface area contributed by atoms with E-state index >= 15 is 0 Å². The Kier molecular flexibility index (Phi) is 15.6. The van der Waals surface area contributed by atoms with E-state index in [4.69, 9.17) is 9.47 Å². The Morgan fingerprint density at radius 2 is 1.25 bits per heavy atom. The van der Waals surface area contributed by atoms with Crippen molar-refractivity contribution in [2.24, 2.45) is 5.92 Å². The van der Waals surface area contributed by atoms with Crippen molar-refractivity contribution in [2.45, 2.75) is 63.1 Å². The van der Waals surface area contributed by atoms with E-state index in [0.29, 0.717) is 19.3 Å². The number of hydrogen-bond acceptors (Lipinski definition) is 8. The fraction of sp³-hybridized carbons (Fsp3) is 0.382. The summed E-state index contributed by atoms with van der Waals surface area (Å²) in [7, 11) is 0.127. The first-order chi connectivity index (χ1) is 21.0. The first-order valence-corrected chi connectivity index (χ1v) is 15.8. The zero-order valence-electron chi connectivity index (χ0n) is 26.0. The van der Waals surface area contributed by atoms with Crippen molar-refractivity contribution in [3.8, 4) is 0 Å². The van der Waals surface area contributed by atoms with Crippen LogP contribution in [0.2, 0.25) is 0 Å². The number of benzene rings is 3. The lowest BCUT2D eigenvalue weighted by molar-refractivity contribution is -0.135. The second-order valence-electron chi connectivity index (χ2n) is 10.3. The fourth-order valence-electron chi connectivity index (χ4n) is 4.67. The number of amides is 1. The van der Waals surface area contributed by atoms with Gasteiger partial charge < -0.3 is 14.8 Å². The summed E-state index contributed by atoms with van der Waals surface area (Å²) in [5, 5.41) is 2.55. The van der Waals surface area contributed by atoms with Crippen LogP contribution in [-0.2, 0) is 51.0 Å². The first kappa shape index (κ1) is 36.5. The minimum absolute atomic E-state index is 0.0449. The van der Waals surface area contributed by atoms with Crippen molar-refractivity contribution >= 4 is 33.3 Å². The van der Waals surface area contributed by atoms with Gasteiger partial charge in [0.1, 0.15) is 22.4 Å². The Morgan fingerprint density at radius 3 is 1.73 bits per heavy atom. The highest BCUT2D eigenvalue weighted by atomic mass is 32.2. The van der Waals surface area contributed by atoms with E-state index in [2.05, 4.69) is 21.6 Å². The third-order valence-corrected chi connectivity index (χ3v) is 8.37. The fourth-order valence-corrected chi connectivity index (χ4v) is 5.49. The summed E-state index contributed by atoms with van der Waals surface area (Å²) >= 11 is 0. The normalized spacial score (nSPS) is 13.1. The summed E-state index contributed by atoms with van der Waals surface area (Å²) in [6, 6.07) is 25.8. The molecule has 3 unspecified atom stereocenters. The summed E-state index contributed by atoms with van der Waals surface area (Å²) in [5.74, 6) is -1.89. The van der Waals surface area contributed by atoms with Crippen molar-refractivity contribution in [3.05, 3.63) is 96.1 Å². The van der Waals surface area contributed by atoms with Gasteiger partial charge in [0.15, 0.2) is 0 Å². The molecule has 0 aliphatic rings. The molecule has 0 fully saturated rings. The highest BCUT2D eigenvalue weighted by Gasteiger charge is 2.33. The number of anilines is 1. The number of Topliss-reactive ketones (excluding diaryl/α,β-unsaturated/α-hetero) is 2. The van der Waals surface area contributed by atoms with Crippen molar-refractivity contribution < 1.29 is 36.5 Å². The molecule has 10 heteroatoms. The molecule has 0 radical (unpaired) electrons. The summed E-state index contributed by atoms with van der Waals surface area (Å²) in [5.41, 5.74) is 2.40. The van der Waals surface area contributed by atoms with Gasteiger partial charge in [-0.15, -0.1) is 0 Å². The molecule has 1 amide bonds. The zero-order chi connectivity index (χ0) is 32.5. The lowest BCUT2D eigenvalue weighted by atomic mass is 9.92. The van der Waals surface area contributed by atoms with Gasteiger partial charge >= 0.3 is 0 Å². The van der Waals surface area contributed by atoms with Crippen molar-refractivity contribution in [2.75, 3.05) is 26.6 Å². The molecule has 0 saturated heterocycles. The van der Waals surface area contributed by atoms with Crippen molar-refractivity contribution in [1.82, 2.24) is 0 Å². The van der Waals surface area contributed by atoms with Gasteiger partial charge in [-0.3, -0.25) is 18.6 Å². The second-order valence-corrected chi connectivity index (χ2v) is 12.0. The third kappa shape index (κ3) is 12.1. The maximum Gasteiger partial charge on any atom is 0.298 e. The molecule has 238 valence electrons. The van der Waals surface area contributed by atoms with Gasteiger partial charge in [0, 0.05) is 20.6 Å². The average molecular weight is 626 g/mol. The van der Waals surface area contributed by atoms with E-state index in [1.54, 1.807) is 20.1 Å². The van der Waals surface area contributed by atoms with E-state index < -0.39 is 28.0 Å². The van der Waals surface area contributed by atoms with Crippen LogP contribution in [0.3, 0.4) is 0 Å². The van der Waals surface area contributed by atoms with Crippen LogP contribution in [0.4, 0.5) is 5.69 Å². The van der Waals surface area contributed by atoms with Gasteiger partial charge in [-0.05, 0) is 62.8 Å². The lowest BCUT2D eigenvalue weighted by Gasteiger charge is -2.24. The molecule has 0 spiro atoms. The summed E-state index contributed by atoms with van der Waals surface area (Å²) < 4.78 is 39.4. The smallest absolute Gasteiger partial charge is 0.298 e. The van der Waals surface area contributed by atoms with Crippen LogP contribution < -0.4 is 5.32 Å². The molecule has 44 heavy (non-hydrogen) atoms. The molecular weight excluding hydrogens is 582 g/mol. The van der Waals surface area contributed by atoms with Gasteiger partial charge in [-0.1, -0.05) is 72.8 Å². The number of ether oxygens (including phenoxy) is 2. The van der Waals surface area contributed by atoms with E-state index in [0.717, 1.165) is 25.5 Å². The first-order valence-electron chi connectivity index (χ1n) is 14.4. The van der Waals surface area contributed by atoms with Crippen LogP contribution in [0, 0.1) is 5.92 Å². The number of carbonyl (C=O) groups excluding carboxylic acids is 3. The number of methoxy groups -OCH3 is 2. The Labute approximate surface area is 261 Å². The Bertz CT molecular complexity index is 1430. The van der Waals surface area contributed by atoms with Crippen LogP contribution in [0.15, 0.2) is 89.8 Å². The van der Waals surface area contributed by atoms with Gasteiger partial charge in [0.25, 0.3) is 10.1 Å². The molecule has 0 bridgehead atoms. The van der Waals surface area contributed by atoms with E-state index in [9.17, 15) is 22.8 Å². The number of ketones is 2. The molecular formula is C34H43NO8S. The number of rotatable bonds is 16. The molecule has 3 atom stereocenters. The van der Waals surface area contributed by atoms with Gasteiger partial charge in [0.2, 0.25) is 5.91 Å². The van der Waals surface area contributed by atoms with Gasteiger partial charge in [-0.25, -0.2) is 0 Å². The Morgan fingerprint density at radius 1 is 0.727 bits per heavy atom. The van der Waals surface area contributed by atoms with Crippen LogP contribution in [0.5, 0.6) is 0 Å². The van der Waals surface area contributed by atoms with Crippen LogP contribution in [-0.4, -0.2) is 59.4 Å². The third-order valence-electron chi connectivity index (χ3n) is 7.04. The highest BCUT2D eigenvalue weighted by molar-refractivity contribution is 7.87. The second kappa shape index (κ2) is 18.9. The van der Waals surface area contributed by atoms with Crippen molar-refractivity contribution in [3.63, 3.8) is 0 Å². The Balaban J connectivity index is 0.000000378.